The Kier molecular flexibility index (Phi) is 7.71. The lowest BCUT2D eigenvalue weighted by Crippen LogP contribution is -2.50. The average molecular weight is 386 g/mol. The summed E-state index contributed by atoms with van der Waals surface area (Å²) >= 11 is 0. The van der Waals surface area contributed by atoms with Crippen molar-refractivity contribution in [2.75, 3.05) is 33.7 Å². The number of nitrogens with one attached hydrogen (secondary N) is 3. The van der Waals surface area contributed by atoms with Gasteiger partial charge in [-0.2, -0.15) is 0 Å². The Labute approximate surface area is 169 Å². The Morgan fingerprint density at radius 3 is 2.61 bits per heavy atom. The molecule has 0 aromatic heterocycles. The van der Waals surface area contributed by atoms with Gasteiger partial charge in [0.05, 0.1) is 0 Å². The minimum Gasteiger partial charge on any atom is -0.356 e. The molecule has 0 spiro atoms. The Morgan fingerprint density at radius 2 is 1.93 bits per heavy atom. The topological polar surface area (TPSA) is 68.8 Å². The second-order valence-electron chi connectivity index (χ2n) is 7.92. The van der Waals surface area contributed by atoms with Crippen LogP contribution in [0.5, 0.6) is 0 Å². The maximum atomic E-state index is 11.8. The first-order valence-electron chi connectivity index (χ1n) is 10.7. The van der Waals surface area contributed by atoms with Gasteiger partial charge in [0.15, 0.2) is 5.96 Å². The predicted molar refractivity (Wildman–Crippen MR) is 115 cm³/mol. The molecule has 3 N–H and O–H groups in total. The second-order valence-corrected chi connectivity index (χ2v) is 7.92. The van der Waals surface area contributed by atoms with Gasteiger partial charge in [-0.05, 0) is 49.8 Å². The van der Waals surface area contributed by atoms with Crippen LogP contribution in [-0.4, -0.2) is 62.6 Å². The van der Waals surface area contributed by atoms with Crippen molar-refractivity contribution in [3.63, 3.8) is 0 Å². The monoisotopic (exact) mass is 385 g/mol. The van der Waals surface area contributed by atoms with Gasteiger partial charge in [-0.1, -0.05) is 25.0 Å². The SMILES string of the molecule is CN=C(NCCc1cccc(C(=O)NC)c1)NC1CCN(C2CCCC2)CC1. The number of hydrogen-bond donors (Lipinski definition) is 3. The van der Waals surface area contributed by atoms with Crippen molar-refractivity contribution in [2.24, 2.45) is 4.99 Å². The molecule has 1 amide bonds. The highest BCUT2D eigenvalue weighted by molar-refractivity contribution is 5.94. The largest absolute Gasteiger partial charge is 0.356 e. The molecule has 1 aliphatic carbocycles. The van der Waals surface area contributed by atoms with E-state index in [9.17, 15) is 4.79 Å². The zero-order valence-corrected chi connectivity index (χ0v) is 17.3. The van der Waals surface area contributed by atoms with Gasteiger partial charge < -0.3 is 20.9 Å². The van der Waals surface area contributed by atoms with Crippen molar-refractivity contribution < 1.29 is 4.79 Å². The Morgan fingerprint density at radius 1 is 1.18 bits per heavy atom. The van der Waals surface area contributed by atoms with Crippen LogP contribution >= 0.6 is 0 Å². The van der Waals surface area contributed by atoms with Gasteiger partial charge in [0.2, 0.25) is 0 Å². The molecule has 3 rings (SSSR count). The predicted octanol–water partition coefficient (Wildman–Crippen LogP) is 2.16. The molecular weight excluding hydrogens is 350 g/mol. The molecule has 2 fully saturated rings. The van der Waals surface area contributed by atoms with Gasteiger partial charge in [-0.15, -0.1) is 0 Å². The van der Waals surface area contributed by atoms with Crippen molar-refractivity contribution in [1.82, 2.24) is 20.9 Å². The van der Waals surface area contributed by atoms with Gasteiger partial charge in [-0.25, -0.2) is 0 Å². The number of nitrogens with zero attached hydrogens (tertiary/aromatic N) is 2. The molecular formula is C22H35N5O. The third kappa shape index (κ3) is 5.71. The van der Waals surface area contributed by atoms with Crippen LogP contribution in [0.1, 0.15) is 54.4 Å². The van der Waals surface area contributed by atoms with Gasteiger partial charge in [0.25, 0.3) is 5.91 Å². The van der Waals surface area contributed by atoms with Crippen molar-refractivity contribution in [1.29, 1.82) is 0 Å². The van der Waals surface area contributed by atoms with Gasteiger partial charge in [-0.3, -0.25) is 9.79 Å². The molecule has 1 aliphatic heterocycles. The number of benzene rings is 1. The number of aliphatic imine (C=N–C) groups is 1. The van der Waals surface area contributed by atoms with E-state index in [4.69, 9.17) is 0 Å². The fourth-order valence-electron chi connectivity index (χ4n) is 4.40. The fourth-order valence-corrected chi connectivity index (χ4v) is 4.40. The van der Waals surface area contributed by atoms with Crippen molar-refractivity contribution >= 4 is 11.9 Å². The van der Waals surface area contributed by atoms with E-state index in [1.165, 1.54) is 51.6 Å². The number of hydrogen-bond acceptors (Lipinski definition) is 3. The average Bonchev–Trinajstić information content (AvgIpc) is 3.28. The van der Waals surface area contributed by atoms with E-state index in [2.05, 4.69) is 31.9 Å². The lowest BCUT2D eigenvalue weighted by Gasteiger charge is -2.36. The highest BCUT2D eigenvalue weighted by Gasteiger charge is 2.27. The summed E-state index contributed by atoms with van der Waals surface area (Å²) in [4.78, 5) is 18.8. The van der Waals surface area contributed by atoms with Crippen molar-refractivity contribution in [3.05, 3.63) is 35.4 Å². The fraction of sp³-hybridized carbons (Fsp3) is 0.636. The first-order valence-corrected chi connectivity index (χ1v) is 10.7. The molecule has 0 bridgehead atoms. The molecule has 28 heavy (non-hydrogen) atoms. The van der Waals surface area contributed by atoms with E-state index < -0.39 is 0 Å². The standard InChI is InChI=1S/C22H35N5O/c1-23-21(28)18-7-5-6-17(16-18)10-13-25-22(24-2)26-19-11-14-27(15-12-19)20-8-3-4-9-20/h5-7,16,19-20H,3-4,8-15H2,1-2H3,(H,23,28)(H2,24,25,26). The normalized spacial score (nSPS) is 19.6. The van der Waals surface area contributed by atoms with Crippen LogP contribution in [0.3, 0.4) is 0 Å². The molecule has 0 radical (unpaired) electrons. The summed E-state index contributed by atoms with van der Waals surface area (Å²) in [6.07, 6.45) is 8.82. The zero-order valence-electron chi connectivity index (χ0n) is 17.3. The van der Waals surface area contributed by atoms with Crippen LogP contribution in [0, 0.1) is 0 Å². The summed E-state index contributed by atoms with van der Waals surface area (Å²) < 4.78 is 0. The number of guanidine groups is 1. The van der Waals surface area contributed by atoms with E-state index in [1.807, 2.05) is 25.2 Å². The summed E-state index contributed by atoms with van der Waals surface area (Å²) in [5.41, 5.74) is 1.85. The molecule has 1 aromatic carbocycles. The maximum absolute atomic E-state index is 11.8. The Bertz CT molecular complexity index is 661. The summed E-state index contributed by atoms with van der Waals surface area (Å²) in [7, 11) is 3.49. The summed E-state index contributed by atoms with van der Waals surface area (Å²) in [5.74, 6) is 0.831. The van der Waals surface area contributed by atoms with E-state index in [-0.39, 0.29) is 5.91 Å². The molecule has 6 heteroatoms. The highest BCUT2D eigenvalue weighted by Crippen LogP contribution is 2.26. The molecule has 1 saturated carbocycles. The lowest BCUT2D eigenvalue weighted by molar-refractivity contribution is 0.0963. The lowest BCUT2D eigenvalue weighted by atomic mass is 10.0. The highest BCUT2D eigenvalue weighted by atomic mass is 16.1. The molecule has 0 unspecified atom stereocenters. The Hall–Kier alpha value is -2.08. The first kappa shape index (κ1) is 20.6. The van der Waals surface area contributed by atoms with Gasteiger partial charge >= 0.3 is 0 Å². The molecule has 6 nitrogen and oxygen atoms in total. The maximum Gasteiger partial charge on any atom is 0.251 e. The number of piperidine rings is 1. The van der Waals surface area contributed by atoms with Crippen LogP contribution in [0.15, 0.2) is 29.3 Å². The summed E-state index contributed by atoms with van der Waals surface area (Å²) in [6.45, 7) is 3.19. The van der Waals surface area contributed by atoms with E-state index in [0.29, 0.717) is 11.6 Å². The molecule has 2 aliphatic rings. The van der Waals surface area contributed by atoms with E-state index in [1.54, 1.807) is 7.05 Å². The number of carbonyl (C=O) groups is 1. The summed E-state index contributed by atoms with van der Waals surface area (Å²) in [5, 5.41) is 9.68. The minimum atomic E-state index is -0.0452. The van der Waals surface area contributed by atoms with Gasteiger partial charge in [0, 0.05) is 51.4 Å². The van der Waals surface area contributed by atoms with E-state index >= 15 is 0 Å². The van der Waals surface area contributed by atoms with Crippen molar-refractivity contribution in [3.8, 4) is 0 Å². The van der Waals surface area contributed by atoms with Crippen molar-refractivity contribution in [2.45, 2.75) is 57.0 Å². The quantitative estimate of drug-likeness (QED) is 0.519. The van der Waals surface area contributed by atoms with Crippen LogP contribution in [0.25, 0.3) is 0 Å². The van der Waals surface area contributed by atoms with E-state index in [0.717, 1.165) is 30.5 Å². The smallest absolute Gasteiger partial charge is 0.251 e. The van der Waals surface area contributed by atoms with Crippen LogP contribution in [-0.2, 0) is 6.42 Å². The number of likely N-dealkylation sites (tertiary alicyclic amines) is 1. The third-order valence-corrected chi connectivity index (χ3v) is 6.06. The second kappa shape index (κ2) is 10.5. The molecule has 1 aromatic rings. The molecule has 1 saturated heterocycles. The Balaban J connectivity index is 1.40. The number of amides is 1. The number of rotatable bonds is 6. The van der Waals surface area contributed by atoms with Crippen LogP contribution in [0.2, 0.25) is 0 Å². The molecule has 154 valence electrons. The zero-order chi connectivity index (χ0) is 19.8. The molecule has 0 atom stereocenters. The van der Waals surface area contributed by atoms with Crippen LogP contribution in [0.4, 0.5) is 0 Å². The van der Waals surface area contributed by atoms with Crippen LogP contribution < -0.4 is 16.0 Å². The minimum absolute atomic E-state index is 0.0452. The summed E-state index contributed by atoms with van der Waals surface area (Å²) in [6, 6.07) is 9.13. The van der Waals surface area contributed by atoms with Gasteiger partial charge in [0.1, 0.15) is 0 Å². The third-order valence-electron chi connectivity index (χ3n) is 6.06. The number of carbonyl (C=O) groups excluding carboxylic acids is 1. The molecule has 1 heterocycles. The first-order chi connectivity index (χ1) is 13.7.